The molecule has 1 aromatic heterocycles. The van der Waals surface area contributed by atoms with Crippen molar-refractivity contribution in [3.63, 3.8) is 0 Å². The zero-order valence-electron chi connectivity index (χ0n) is 10.3. The van der Waals surface area contributed by atoms with E-state index in [0.717, 1.165) is 11.4 Å². The van der Waals surface area contributed by atoms with Crippen LogP contribution in [-0.2, 0) is 10.3 Å². The number of methoxy groups -OCH3 is 1. The summed E-state index contributed by atoms with van der Waals surface area (Å²) in [7, 11) is 1.41. The van der Waals surface area contributed by atoms with Gasteiger partial charge in [0.1, 0.15) is 0 Å². The molecule has 0 spiro atoms. The van der Waals surface area contributed by atoms with E-state index in [1.807, 2.05) is 19.9 Å². The predicted octanol–water partition coefficient (Wildman–Crippen LogP) is 2.65. The van der Waals surface area contributed by atoms with Crippen LogP contribution in [-0.4, -0.2) is 17.6 Å². The van der Waals surface area contributed by atoms with Gasteiger partial charge in [-0.2, -0.15) is 0 Å². The summed E-state index contributed by atoms with van der Waals surface area (Å²) in [6.07, 6.45) is 0. The molecule has 1 aromatic rings. The number of aromatic nitrogens is 1. The van der Waals surface area contributed by atoms with E-state index in [1.54, 1.807) is 0 Å². The normalized spacial score (nSPS) is 11.6. The molecule has 3 nitrogen and oxygen atoms in total. The Morgan fingerprint density at radius 3 is 2.20 bits per heavy atom. The first-order chi connectivity index (χ1) is 6.79. The lowest BCUT2D eigenvalue weighted by Crippen LogP contribution is -2.24. The van der Waals surface area contributed by atoms with Gasteiger partial charge in [-0.05, 0) is 40.7 Å². The van der Waals surface area contributed by atoms with E-state index >= 15 is 0 Å². The molecule has 1 heterocycles. The van der Waals surface area contributed by atoms with Crippen LogP contribution in [0.3, 0.4) is 0 Å². The first-order valence-electron chi connectivity index (χ1n) is 5.06. The van der Waals surface area contributed by atoms with E-state index < -0.39 is 0 Å². The molecule has 0 atom stereocenters. The quantitative estimate of drug-likeness (QED) is 0.666. The summed E-state index contributed by atoms with van der Waals surface area (Å²) in [6, 6.07) is 1.88. The van der Waals surface area contributed by atoms with Crippen LogP contribution in [0.1, 0.15) is 42.5 Å². The molecule has 84 valence electrons. The molecule has 0 N–H and O–H groups in total. The minimum absolute atomic E-state index is 0.0135. The van der Waals surface area contributed by atoms with Gasteiger partial charge in [0.2, 0.25) is 0 Å². The Balaban J connectivity index is 3.33. The average Bonchev–Trinajstić information content (AvgIpc) is 2.39. The molecular formula is C12H19NO2. The lowest BCUT2D eigenvalue weighted by atomic mass is 10.1. The highest BCUT2D eigenvalue weighted by molar-refractivity contribution is 5.91. The van der Waals surface area contributed by atoms with Crippen molar-refractivity contribution in [1.82, 2.24) is 4.57 Å². The molecule has 0 fully saturated rings. The van der Waals surface area contributed by atoms with Crippen molar-refractivity contribution in [2.45, 2.75) is 40.2 Å². The molecule has 15 heavy (non-hydrogen) atoms. The second-order valence-electron chi connectivity index (χ2n) is 4.78. The van der Waals surface area contributed by atoms with Gasteiger partial charge in [-0.15, -0.1) is 0 Å². The fraction of sp³-hybridized carbons (Fsp3) is 0.583. The largest absolute Gasteiger partial charge is 0.465 e. The number of rotatable bonds is 1. The van der Waals surface area contributed by atoms with Gasteiger partial charge >= 0.3 is 5.97 Å². The van der Waals surface area contributed by atoms with Gasteiger partial charge in [-0.25, -0.2) is 4.79 Å². The Morgan fingerprint density at radius 1 is 1.33 bits per heavy atom. The van der Waals surface area contributed by atoms with E-state index in [2.05, 4.69) is 25.3 Å². The molecule has 0 saturated heterocycles. The minimum atomic E-state index is -0.265. The average molecular weight is 209 g/mol. The third-order valence-electron chi connectivity index (χ3n) is 2.51. The lowest BCUT2D eigenvalue weighted by molar-refractivity contribution is 0.0599. The molecule has 0 aliphatic heterocycles. The fourth-order valence-electron chi connectivity index (χ4n) is 2.11. The smallest absolute Gasteiger partial charge is 0.339 e. The zero-order chi connectivity index (χ0) is 11.8. The van der Waals surface area contributed by atoms with Crippen molar-refractivity contribution < 1.29 is 9.53 Å². The zero-order valence-corrected chi connectivity index (χ0v) is 10.3. The third kappa shape index (κ3) is 2.06. The van der Waals surface area contributed by atoms with Gasteiger partial charge in [0.15, 0.2) is 0 Å². The van der Waals surface area contributed by atoms with E-state index in [1.165, 1.54) is 7.11 Å². The number of nitrogens with zero attached hydrogens (tertiary/aromatic N) is 1. The maximum atomic E-state index is 11.5. The second-order valence-corrected chi connectivity index (χ2v) is 4.78. The van der Waals surface area contributed by atoms with Gasteiger partial charge in [0.05, 0.1) is 12.7 Å². The fourth-order valence-corrected chi connectivity index (χ4v) is 2.11. The van der Waals surface area contributed by atoms with Crippen LogP contribution >= 0.6 is 0 Å². The van der Waals surface area contributed by atoms with Crippen molar-refractivity contribution in [2.75, 3.05) is 7.11 Å². The van der Waals surface area contributed by atoms with E-state index in [-0.39, 0.29) is 11.5 Å². The number of esters is 1. The summed E-state index contributed by atoms with van der Waals surface area (Å²) in [4.78, 5) is 11.5. The topological polar surface area (TPSA) is 31.2 Å². The highest BCUT2D eigenvalue weighted by Crippen LogP contribution is 2.24. The maximum Gasteiger partial charge on any atom is 0.339 e. The van der Waals surface area contributed by atoms with Gasteiger partial charge < -0.3 is 9.30 Å². The summed E-state index contributed by atoms with van der Waals surface area (Å²) in [5.41, 5.74) is 2.69. The highest BCUT2D eigenvalue weighted by atomic mass is 16.5. The highest BCUT2D eigenvalue weighted by Gasteiger charge is 2.22. The molecular weight excluding hydrogens is 190 g/mol. The summed E-state index contributed by atoms with van der Waals surface area (Å²) >= 11 is 0. The molecule has 0 aliphatic carbocycles. The molecule has 0 aliphatic rings. The number of aryl methyl sites for hydroxylation is 1. The monoisotopic (exact) mass is 209 g/mol. The van der Waals surface area contributed by atoms with Crippen LogP contribution in [0.2, 0.25) is 0 Å². The van der Waals surface area contributed by atoms with Crippen molar-refractivity contribution in [3.05, 3.63) is 23.0 Å². The van der Waals surface area contributed by atoms with Crippen LogP contribution in [0.5, 0.6) is 0 Å². The first-order valence-corrected chi connectivity index (χ1v) is 5.06. The number of hydrogen-bond donors (Lipinski definition) is 0. The molecule has 0 bridgehead atoms. The number of hydrogen-bond acceptors (Lipinski definition) is 2. The van der Waals surface area contributed by atoms with Crippen LogP contribution in [0.4, 0.5) is 0 Å². The Bertz CT molecular complexity index is 383. The van der Waals surface area contributed by atoms with Crippen LogP contribution in [0.25, 0.3) is 0 Å². The Morgan fingerprint density at radius 2 is 1.87 bits per heavy atom. The van der Waals surface area contributed by atoms with Gasteiger partial charge in [0.25, 0.3) is 0 Å². The molecule has 0 saturated carbocycles. The van der Waals surface area contributed by atoms with Crippen molar-refractivity contribution in [1.29, 1.82) is 0 Å². The summed E-state index contributed by atoms with van der Waals surface area (Å²) in [5, 5.41) is 0. The van der Waals surface area contributed by atoms with E-state index in [9.17, 15) is 4.79 Å². The predicted molar refractivity (Wildman–Crippen MR) is 60.2 cm³/mol. The number of carbonyl (C=O) groups excluding carboxylic acids is 1. The summed E-state index contributed by atoms with van der Waals surface area (Å²) < 4.78 is 6.90. The van der Waals surface area contributed by atoms with Crippen molar-refractivity contribution in [3.8, 4) is 0 Å². The number of ether oxygens (including phenoxy) is 1. The number of carbonyl (C=O) groups is 1. The minimum Gasteiger partial charge on any atom is -0.465 e. The van der Waals surface area contributed by atoms with Gasteiger partial charge in [0, 0.05) is 16.9 Å². The SMILES string of the molecule is COC(=O)c1cc(C)n(C(C)(C)C)c1C. The molecule has 0 radical (unpaired) electrons. The Labute approximate surface area is 91.0 Å². The second kappa shape index (κ2) is 3.72. The van der Waals surface area contributed by atoms with Crippen LogP contribution in [0.15, 0.2) is 6.07 Å². The molecule has 1 rings (SSSR count). The standard InChI is InChI=1S/C12H19NO2/c1-8-7-10(11(14)15-6)9(2)13(8)12(3,4)5/h7H,1-6H3. The molecule has 3 heteroatoms. The van der Waals surface area contributed by atoms with Gasteiger partial charge in [-0.3, -0.25) is 0 Å². The van der Waals surface area contributed by atoms with Crippen LogP contribution in [0, 0.1) is 13.8 Å². The Kier molecular flexibility index (Phi) is 2.93. The van der Waals surface area contributed by atoms with E-state index in [0.29, 0.717) is 5.56 Å². The van der Waals surface area contributed by atoms with E-state index in [4.69, 9.17) is 4.74 Å². The van der Waals surface area contributed by atoms with Crippen molar-refractivity contribution in [2.24, 2.45) is 0 Å². The summed E-state index contributed by atoms with van der Waals surface area (Å²) in [5.74, 6) is -0.265. The van der Waals surface area contributed by atoms with Crippen molar-refractivity contribution >= 4 is 5.97 Å². The lowest BCUT2D eigenvalue weighted by Gasteiger charge is -2.25. The molecule has 0 amide bonds. The third-order valence-corrected chi connectivity index (χ3v) is 2.51. The maximum absolute atomic E-state index is 11.5. The summed E-state index contributed by atoms with van der Waals surface area (Å²) in [6.45, 7) is 10.3. The van der Waals surface area contributed by atoms with Crippen LogP contribution < -0.4 is 0 Å². The Hall–Kier alpha value is -1.25. The first kappa shape index (κ1) is 11.8. The molecule has 0 unspecified atom stereocenters. The van der Waals surface area contributed by atoms with Gasteiger partial charge in [-0.1, -0.05) is 0 Å². The molecule has 0 aromatic carbocycles.